The molecule has 1 aliphatic rings. The number of benzene rings is 1. The number of carbonyl (C=O) groups excluding carboxylic acids is 2. The second kappa shape index (κ2) is 7.99. The molecule has 0 spiro atoms. The van der Waals surface area contributed by atoms with Gasteiger partial charge < -0.3 is 15.5 Å². The van der Waals surface area contributed by atoms with Gasteiger partial charge in [-0.3, -0.25) is 4.79 Å². The van der Waals surface area contributed by atoms with Crippen molar-refractivity contribution in [3.05, 3.63) is 35.9 Å². The molecule has 5 heteroatoms. The lowest BCUT2D eigenvalue weighted by Crippen LogP contribution is -2.51. The normalized spacial score (nSPS) is 19.6. The lowest BCUT2D eigenvalue weighted by Gasteiger charge is -2.30. The maximum atomic E-state index is 12.1. The first-order valence-corrected chi connectivity index (χ1v) is 8.30. The third kappa shape index (κ3) is 4.98. The number of nitrogens with zero attached hydrogens (tertiary/aromatic N) is 1. The predicted molar refractivity (Wildman–Crippen MR) is 91.2 cm³/mol. The first-order valence-electron chi connectivity index (χ1n) is 8.30. The second-order valence-electron chi connectivity index (χ2n) is 6.63. The minimum absolute atomic E-state index is 0.0342. The number of hydrogen-bond acceptors (Lipinski definition) is 2. The summed E-state index contributed by atoms with van der Waals surface area (Å²) in [6.07, 6.45) is 1.21. The Bertz CT molecular complexity index is 530. The minimum Gasteiger partial charge on any atom is -0.344 e. The van der Waals surface area contributed by atoms with E-state index >= 15 is 0 Å². The van der Waals surface area contributed by atoms with Crippen LogP contribution in [0.3, 0.4) is 0 Å². The molecule has 2 rings (SSSR count). The number of amides is 3. The molecule has 0 aliphatic carbocycles. The monoisotopic (exact) mass is 317 g/mol. The van der Waals surface area contributed by atoms with Crippen LogP contribution in [0.15, 0.2) is 30.3 Å². The van der Waals surface area contributed by atoms with Crippen molar-refractivity contribution < 1.29 is 9.59 Å². The van der Waals surface area contributed by atoms with E-state index in [0.717, 1.165) is 0 Å². The molecule has 1 aromatic carbocycles. The third-order valence-electron chi connectivity index (χ3n) is 4.48. The van der Waals surface area contributed by atoms with Gasteiger partial charge in [-0.05, 0) is 17.9 Å². The van der Waals surface area contributed by atoms with Crippen LogP contribution in [-0.4, -0.2) is 43.0 Å². The summed E-state index contributed by atoms with van der Waals surface area (Å²) >= 11 is 0. The summed E-state index contributed by atoms with van der Waals surface area (Å²) in [6, 6.07) is 10.1. The minimum atomic E-state index is -0.153. The summed E-state index contributed by atoms with van der Waals surface area (Å²) in [7, 11) is 1.78. The summed E-state index contributed by atoms with van der Waals surface area (Å²) in [4.78, 5) is 25.3. The van der Waals surface area contributed by atoms with Crippen molar-refractivity contribution in [1.82, 2.24) is 15.5 Å². The van der Waals surface area contributed by atoms with Gasteiger partial charge in [0, 0.05) is 38.5 Å². The van der Waals surface area contributed by atoms with E-state index < -0.39 is 0 Å². The summed E-state index contributed by atoms with van der Waals surface area (Å²) in [5.41, 5.74) is 1.24. The Morgan fingerprint density at radius 1 is 1.30 bits per heavy atom. The smallest absolute Gasteiger partial charge is 0.315 e. The van der Waals surface area contributed by atoms with E-state index in [1.165, 1.54) is 5.56 Å². The van der Waals surface area contributed by atoms with Gasteiger partial charge in [-0.2, -0.15) is 0 Å². The SMILES string of the molecule is CC(C)[C@H](CNC(=O)N[C@@H]1CCC(=O)N(C)C1)c1ccccc1. The van der Waals surface area contributed by atoms with Crippen molar-refractivity contribution >= 4 is 11.9 Å². The van der Waals surface area contributed by atoms with Gasteiger partial charge in [0.15, 0.2) is 0 Å². The molecule has 2 N–H and O–H groups in total. The highest BCUT2D eigenvalue weighted by atomic mass is 16.2. The molecular formula is C18H27N3O2. The maximum absolute atomic E-state index is 12.1. The van der Waals surface area contributed by atoms with Crippen LogP contribution in [0.2, 0.25) is 0 Å². The number of hydrogen-bond donors (Lipinski definition) is 2. The molecule has 1 aliphatic heterocycles. The van der Waals surface area contributed by atoms with E-state index in [-0.39, 0.29) is 23.9 Å². The highest BCUT2D eigenvalue weighted by Gasteiger charge is 2.24. The van der Waals surface area contributed by atoms with Crippen molar-refractivity contribution in [1.29, 1.82) is 0 Å². The van der Waals surface area contributed by atoms with E-state index in [0.29, 0.717) is 31.8 Å². The Balaban J connectivity index is 1.84. The van der Waals surface area contributed by atoms with E-state index in [9.17, 15) is 9.59 Å². The Morgan fingerprint density at radius 2 is 2.00 bits per heavy atom. The number of nitrogens with one attached hydrogen (secondary N) is 2. The van der Waals surface area contributed by atoms with E-state index in [2.05, 4.69) is 36.6 Å². The van der Waals surface area contributed by atoms with Crippen molar-refractivity contribution in [3.8, 4) is 0 Å². The van der Waals surface area contributed by atoms with E-state index in [1.807, 2.05) is 18.2 Å². The Hall–Kier alpha value is -2.04. The molecule has 2 atom stereocenters. The number of likely N-dealkylation sites (tertiary alicyclic amines) is 1. The molecule has 126 valence electrons. The third-order valence-corrected chi connectivity index (χ3v) is 4.48. The molecule has 0 unspecified atom stereocenters. The molecule has 1 saturated heterocycles. The average molecular weight is 317 g/mol. The van der Waals surface area contributed by atoms with Gasteiger partial charge in [0.05, 0.1) is 0 Å². The van der Waals surface area contributed by atoms with Crippen LogP contribution < -0.4 is 10.6 Å². The van der Waals surface area contributed by atoms with Crippen LogP contribution in [0.1, 0.15) is 38.2 Å². The van der Waals surface area contributed by atoms with Crippen LogP contribution in [0.4, 0.5) is 4.79 Å². The summed E-state index contributed by atoms with van der Waals surface area (Å²) in [6.45, 7) is 5.52. The molecule has 1 aromatic rings. The molecule has 1 heterocycles. The zero-order chi connectivity index (χ0) is 16.8. The number of urea groups is 1. The maximum Gasteiger partial charge on any atom is 0.315 e. The Kier molecular flexibility index (Phi) is 6.02. The highest BCUT2D eigenvalue weighted by molar-refractivity contribution is 5.78. The van der Waals surface area contributed by atoms with Crippen molar-refractivity contribution in [2.45, 2.75) is 38.6 Å². The first-order chi connectivity index (χ1) is 11.0. The molecule has 0 bridgehead atoms. The summed E-state index contributed by atoms with van der Waals surface area (Å²) in [5.74, 6) is 0.876. The van der Waals surface area contributed by atoms with Gasteiger partial charge in [-0.1, -0.05) is 44.2 Å². The Labute approximate surface area is 138 Å². The molecule has 0 saturated carbocycles. The quantitative estimate of drug-likeness (QED) is 0.875. The summed E-state index contributed by atoms with van der Waals surface area (Å²) in [5, 5.41) is 5.95. The first kappa shape index (κ1) is 17.3. The van der Waals surface area contributed by atoms with Crippen LogP contribution in [-0.2, 0) is 4.79 Å². The molecule has 5 nitrogen and oxygen atoms in total. The van der Waals surface area contributed by atoms with Gasteiger partial charge in [-0.15, -0.1) is 0 Å². The van der Waals surface area contributed by atoms with Gasteiger partial charge in [-0.25, -0.2) is 4.79 Å². The molecule has 23 heavy (non-hydrogen) atoms. The van der Waals surface area contributed by atoms with Gasteiger partial charge in [0.2, 0.25) is 5.91 Å². The molecule has 1 fully saturated rings. The number of rotatable bonds is 5. The topological polar surface area (TPSA) is 61.4 Å². The van der Waals surface area contributed by atoms with Crippen molar-refractivity contribution in [2.75, 3.05) is 20.1 Å². The fourth-order valence-electron chi connectivity index (χ4n) is 3.01. The summed E-state index contributed by atoms with van der Waals surface area (Å²) < 4.78 is 0. The van der Waals surface area contributed by atoms with Crippen molar-refractivity contribution in [2.24, 2.45) is 5.92 Å². The van der Waals surface area contributed by atoms with Crippen LogP contribution in [0, 0.1) is 5.92 Å². The van der Waals surface area contributed by atoms with Crippen LogP contribution in [0.5, 0.6) is 0 Å². The molecule has 3 amide bonds. The number of carbonyl (C=O) groups is 2. The zero-order valence-corrected chi connectivity index (χ0v) is 14.2. The zero-order valence-electron chi connectivity index (χ0n) is 14.2. The van der Waals surface area contributed by atoms with E-state index in [1.54, 1.807) is 11.9 Å². The largest absolute Gasteiger partial charge is 0.344 e. The fourth-order valence-corrected chi connectivity index (χ4v) is 3.01. The average Bonchev–Trinajstić information content (AvgIpc) is 2.52. The second-order valence-corrected chi connectivity index (χ2v) is 6.63. The molecule has 0 radical (unpaired) electrons. The van der Waals surface area contributed by atoms with Gasteiger partial charge >= 0.3 is 6.03 Å². The van der Waals surface area contributed by atoms with Gasteiger partial charge in [0.1, 0.15) is 0 Å². The Morgan fingerprint density at radius 3 is 2.61 bits per heavy atom. The highest BCUT2D eigenvalue weighted by Crippen LogP contribution is 2.23. The molecule has 0 aromatic heterocycles. The van der Waals surface area contributed by atoms with Crippen LogP contribution in [0.25, 0.3) is 0 Å². The van der Waals surface area contributed by atoms with Crippen LogP contribution >= 0.6 is 0 Å². The molecular weight excluding hydrogens is 290 g/mol. The van der Waals surface area contributed by atoms with Gasteiger partial charge in [0.25, 0.3) is 0 Å². The van der Waals surface area contributed by atoms with Crippen molar-refractivity contribution in [3.63, 3.8) is 0 Å². The number of piperidine rings is 1. The van der Waals surface area contributed by atoms with E-state index in [4.69, 9.17) is 0 Å². The lowest BCUT2D eigenvalue weighted by molar-refractivity contribution is -0.132. The lowest BCUT2D eigenvalue weighted by atomic mass is 9.88. The fraction of sp³-hybridized carbons (Fsp3) is 0.556. The standard InChI is InChI=1S/C18H27N3O2/c1-13(2)16(14-7-5-4-6-8-14)11-19-18(23)20-15-9-10-17(22)21(3)12-15/h4-8,13,15-16H,9-12H2,1-3H3,(H2,19,20,23)/t15-,16+/m1/s1. The number of likely N-dealkylation sites (N-methyl/N-ethyl adjacent to an activating group) is 1. The predicted octanol–water partition coefficient (Wildman–Crippen LogP) is 2.35.